The van der Waals surface area contributed by atoms with Gasteiger partial charge in [-0.15, -0.1) is 0 Å². The van der Waals surface area contributed by atoms with Crippen molar-refractivity contribution in [3.05, 3.63) is 36.5 Å². The van der Waals surface area contributed by atoms with Gasteiger partial charge in [-0.1, -0.05) is 13.8 Å². The molecule has 0 atom stereocenters. The molecule has 0 spiro atoms. The average Bonchev–Trinajstić information content (AvgIpc) is 2.89. The average molecular weight is 260 g/mol. The van der Waals surface area contributed by atoms with Crippen LogP contribution in [0.3, 0.4) is 0 Å². The fraction of sp³-hybridized carbons (Fsp3) is 0.429. The smallest absolute Gasteiger partial charge is 0.131 e. The van der Waals surface area contributed by atoms with E-state index >= 15 is 0 Å². The molecule has 0 aliphatic carbocycles. The number of rotatable bonds is 7. The van der Waals surface area contributed by atoms with Crippen molar-refractivity contribution >= 4 is 11.6 Å². The number of anilines is 2. The van der Waals surface area contributed by atoms with Crippen LogP contribution in [0.5, 0.6) is 0 Å². The molecule has 0 unspecified atom stereocenters. The van der Waals surface area contributed by atoms with E-state index in [4.69, 9.17) is 4.42 Å². The minimum absolute atomic E-state index is 0.620. The van der Waals surface area contributed by atoms with Gasteiger partial charge in [-0.3, -0.25) is 0 Å². The summed E-state index contributed by atoms with van der Waals surface area (Å²) in [6.07, 6.45) is 4.34. The van der Waals surface area contributed by atoms with E-state index in [-0.39, 0.29) is 0 Å². The molecule has 0 aliphatic heterocycles. The zero-order valence-corrected chi connectivity index (χ0v) is 11.4. The molecule has 0 radical (unpaired) electrons. The topological polar surface area (TPSA) is 63.0 Å². The molecule has 0 aliphatic rings. The predicted octanol–water partition coefficient (Wildman–Crippen LogP) is 3.14. The number of nitrogens with one attached hydrogen (secondary N) is 2. The van der Waals surface area contributed by atoms with Gasteiger partial charge in [0.2, 0.25) is 0 Å². The largest absolute Gasteiger partial charge is 0.467 e. The highest BCUT2D eigenvalue weighted by atomic mass is 16.3. The Bertz CT molecular complexity index is 482. The van der Waals surface area contributed by atoms with Crippen molar-refractivity contribution in [3.8, 4) is 0 Å². The standard InChI is InChI=1S/C14H20N4O/c1-11(2)5-6-15-13-8-14(18-10-17-13)16-9-12-4-3-7-19-12/h3-4,7-8,10-11H,5-6,9H2,1-2H3,(H2,15,16,17,18). The first kappa shape index (κ1) is 13.4. The van der Waals surface area contributed by atoms with Gasteiger partial charge >= 0.3 is 0 Å². The van der Waals surface area contributed by atoms with Crippen molar-refractivity contribution in [2.75, 3.05) is 17.2 Å². The first-order valence-corrected chi connectivity index (χ1v) is 6.56. The first-order valence-electron chi connectivity index (χ1n) is 6.56. The molecule has 0 saturated carbocycles. The molecule has 5 heteroatoms. The van der Waals surface area contributed by atoms with E-state index in [0.717, 1.165) is 30.4 Å². The summed E-state index contributed by atoms with van der Waals surface area (Å²) >= 11 is 0. The van der Waals surface area contributed by atoms with Crippen molar-refractivity contribution in [3.63, 3.8) is 0 Å². The fourth-order valence-electron chi connectivity index (χ4n) is 1.63. The van der Waals surface area contributed by atoms with E-state index in [1.165, 1.54) is 0 Å². The van der Waals surface area contributed by atoms with Gasteiger partial charge in [0, 0.05) is 12.6 Å². The Hall–Kier alpha value is -2.04. The number of nitrogens with zero attached hydrogens (tertiary/aromatic N) is 2. The van der Waals surface area contributed by atoms with Gasteiger partial charge in [0.15, 0.2) is 0 Å². The van der Waals surface area contributed by atoms with Crippen LogP contribution in [-0.2, 0) is 6.54 Å². The maximum atomic E-state index is 5.26. The van der Waals surface area contributed by atoms with Crippen LogP contribution in [0, 0.1) is 5.92 Å². The van der Waals surface area contributed by atoms with Crippen molar-refractivity contribution in [2.24, 2.45) is 5.92 Å². The fourth-order valence-corrected chi connectivity index (χ4v) is 1.63. The lowest BCUT2D eigenvalue weighted by molar-refractivity contribution is 0.518. The lowest BCUT2D eigenvalue weighted by Gasteiger charge is -2.09. The quantitative estimate of drug-likeness (QED) is 0.800. The van der Waals surface area contributed by atoms with Crippen molar-refractivity contribution in [1.82, 2.24) is 9.97 Å². The summed E-state index contributed by atoms with van der Waals surface area (Å²) in [5.74, 6) is 3.20. The second kappa shape index (κ2) is 6.78. The predicted molar refractivity (Wildman–Crippen MR) is 76.0 cm³/mol. The first-order chi connectivity index (χ1) is 9.24. The van der Waals surface area contributed by atoms with Crippen molar-refractivity contribution in [2.45, 2.75) is 26.8 Å². The van der Waals surface area contributed by atoms with E-state index in [9.17, 15) is 0 Å². The maximum Gasteiger partial charge on any atom is 0.131 e. The van der Waals surface area contributed by atoms with Crippen LogP contribution in [0.15, 0.2) is 35.2 Å². The van der Waals surface area contributed by atoms with Crippen LogP contribution in [-0.4, -0.2) is 16.5 Å². The number of hydrogen-bond acceptors (Lipinski definition) is 5. The van der Waals surface area contributed by atoms with Crippen LogP contribution in [0.1, 0.15) is 26.0 Å². The lowest BCUT2D eigenvalue weighted by atomic mass is 10.1. The summed E-state index contributed by atoms with van der Waals surface area (Å²) in [6.45, 7) is 5.96. The Kier molecular flexibility index (Phi) is 4.78. The molecule has 2 heterocycles. The molecule has 102 valence electrons. The Balaban J connectivity index is 1.84. The molecule has 0 aromatic carbocycles. The molecular weight excluding hydrogens is 240 g/mol. The SMILES string of the molecule is CC(C)CCNc1cc(NCc2ccco2)ncn1. The van der Waals surface area contributed by atoms with E-state index in [1.807, 2.05) is 18.2 Å². The normalized spacial score (nSPS) is 10.7. The second-order valence-corrected chi connectivity index (χ2v) is 4.83. The summed E-state index contributed by atoms with van der Waals surface area (Å²) in [5, 5.41) is 6.50. The zero-order chi connectivity index (χ0) is 13.5. The Morgan fingerprint density at radius 3 is 2.68 bits per heavy atom. The van der Waals surface area contributed by atoms with Gasteiger partial charge in [0.25, 0.3) is 0 Å². The number of hydrogen-bond donors (Lipinski definition) is 2. The summed E-state index contributed by atoms with van der Waals surface area (Å²) in [6, 6.07) is 5.70. The summed E-state index contributed by atoms with van der Waals surface area (Å²) in [5.41, 5.74) is 0. The molecular formula is C14H20N4O. The molecule has 19 heavy (non-hydrogen) atoms. The molecule has 2 aromatic heterocycles. The molecule has 0 saturated heterocycles. The Morgan fingerprint density at radius 1 is 1.21 bits per heavy atom. The molecule has 2 aromatic rings. The molecule has 0 bridgehead atoms. The van der Waals surface area contributed by atoms with Gasteiger partial charge in [0.1, 0.15) is 23.7 Å². The van der Waals surface area contributed by atoms with Gasteiger partial charge in [-0.05, 0) is 24.5 Å². The molecule has 2 N–H and O–H groups in total. The van der Waals surface area contributed by atoms with E-state index in [1.54, 1.807) is 12.6 Å². The van der Waals surface area contributed by atoms with Crippen LogP contribution in [0.2, 0.25) is 0 Å². The third kappa shape index (κ3) is 4.62. The Labute approximate surface area is 113 Å². The summed E-state index contributed by atoms with van der Waals surface area (Å²) in [7, 11) is 0. The van der Waals surface area contributed by atoms with Crippen molar-refractivity contribution < 1.29 is 4.42 Å². The highest BCUT2D eigenvalue weighted by Crippen LogP contribution is 2.11. The van der Waals surface area contributed by atoms with Crippen LogP contribution >= 0.6 is 0 Å². The second-order valence-electron chi connectivity index (χ2n) is 4.83. The Morgan fingerprint density at radius 2 is 2.00 bits per heavy atom. The summed E-state index contributed by atoms with van der Waals surface area (Å²) < 4.78 is 5.26. The molecule has 2 rings (SSSR count). The van der Waals surface area contributed by atoms with Gasteiger partial charge < -0.3 is 15.1 Å². The van der Waals surface area contributed by atoms with E-state index in [0.29, 0.717) is 12.5 Å². The van der Waals surface area contributed by atoms with Gasteiger partial charge in [-0.2, -0.15) is 0 Å². The zero-order valence-electron chi connectivity index (χ0n) is 11.4. The van der Waals surface area contributed by atoms with E-state index < -0.39 is 0 Å². The minimum Gasteiger partial charge on any atom is -0.467 e. The van der Waals surface area contributed by atoms with Crippen LogP contribution in [0.4, 0.5) is 11.6 Å². The van der Waals surface area contributed by atoms with Crippen LogP contribution < -0.4 is 10.6 Å². The minimum atomic E-state index is 0.620. The maximum absolute atomic E-state index is 5.26. The van der Waals surface area contributed by atoms with E-state index in [2.05, 4.69) is 34.4 Å². The highest BCUT2D eigenvalue weighted by molar-refractivity contribution is 5.46. The third-order valence-corrected chi connectivity index (χ3v) is 2.72. The molecule has 5 nitrogen and oxygen atoms in total. The van der Waals surface area contributed by atoms with Gasteiger partial charge in [0.05, 0.1) is 12.8 Å². The monoisotopic (exact) mass is 260 g/mol. The van der Waals surface area contributed by atoms with Crippen LogP contribution in [0.25, 0.3) is 0 Å². The highest BCUT2D eigenvalue weighted by Gasteiger charge is 2.00. The van der Waals surface area contributed by atoms with Gasteiger partial charge in [-0.25, -0.2) is 9.97 Å². The van der Waals surface area contributed by atoms with Crippen molar-refractivity contribution in [1.29, 1.82) is 0 Å². The molecule has 0 amide bonds. The third-order valence-electron chi connectivity index (χ3n) is 2.72. The number of furan rings is 1. The molecule has 0 fully saturated rings. The summed E-state index contributed by atoms with van der Waals surface area (Å²) in [4.78, 5) is 8.37. The number of aromatic nitrogens is 2. The lowest BCUT2D eigenvalue weighted by Crippen LogP contribution is -2.07.